The van der Waals surface area contributed by atoms with Crippen LogP contribution in [0.3, 0.4) is 0 Å². The zero-order chi connectivity index (χ0) is 18.2. The van der Waals surface area contributed by atoms with Crippen molar-refractivity contribution in [3.63, 3.8) is 0 Å². The number of carbonyl (C=O) groups is 1. The van der Waals surface area contributed by atoms with Crippen LogP contribution in [0.4, 0.5) is 4.79 Å². The molecule has 2 heterocycles. The molecule has 5 heteroatoms. The number of rotatable bonds is 6. The summed E-state index contributed by atoms with van der Waals surface area (Å²) >= 11 is 0. The fourth-order valence-corrected chi connectivity index (χ4v) is 4.13. The quantitative estimate of drug-likeness (QED) is 0.820. The Hall–Kier alpha value is -1.59. The third-order valence-corrected chi connectivity index (χ3v) is 5.91. The zero-order valence-electron chi connectivity index (χ0n) is 15.7. The number of nitrogens with one attached hydrogen (secondary N) is 1. The molecule has 144 valence electrons. The number of piperidine rings is 1. The lowest BCUT2D eigenvalue weighted by Crippen LogP contribution is -2.49. The van der Waals surface area contributed by atoms with Crippen molar-refractivity contribution < 1.29 is 14.6 Å². The highest BCUT2D eigenvalue weighted by Gasteiger charge is 2.38. The third-order valence-electron chi connectivity index (χ3n) is 5.91. The van der Waals surface area contributed by atoms with Crippen molar-refractivity contribution in [1.29, 1.82) is 0 Å². The van der Waals surface area contributed by atoms with Gasteiger partial charge in [0.2, 0.25) is 0 Å². The van der Waals surface area contributed by atoms with Gasteiger partial charge in [-0.1, -0.05) is 30.3 Å². The number of amides is 2. The first-order valence-electron chi connectivity index (χ1n) is 10.00. The van der Waals surface area contributed by atoms with Crippen LogP contribution in [0.1, 0.15) is 44.1 Å². The predicted molar refractivity (Wildman–Crippen MR) is 102 cm³/mol. The molecule has 0 aromatic heterocycles. The molecule has 2 aliphatic rings. The fourth-order valence-electron chi connectivity index (χ4n) is 4.13. The lowest BCUT2D eigenvalue weighted by Gasteiger charge is -2.43. The minimum absolute atomic E-state index is 0.0152. The van der Waals surface area contributed by atoms with Crippen LogP contribution in [0.5, 0.6) is 0 Å². The zero-order valence-corrected chi connectivity index (χ0v) is 15.7. The number of likely N-dealkylation sites (tertiary alicyclic amines) is 1. The summed E-state index contributed by atoms with van der Waals surface area (Å²) in [5.74, 6) is 0. The van der Waals surface area contributed by atoms with Gasteiger partial charge in [0.15, 0.2) is 0 Å². The monoisotopic (exact) mass is 360 g/mol. The number of aliphatic hydroxyl groups excluding tert-OH is 1. The molecule has 5 nitrogen and oxygen atoms in total. The molecule has 0 saturated carbocycles. The van der Waals surface area contributed by atoms with Gasteiger partial charge in [0.25, 0.3) is 0 Å². The Morgan fingerprint density at radius 2 is 2.00 bits per heavy atom. The van der Waals surface area contributed by atoms with E-state index in [1.54, 1.807) is 0 Å². The van der Waals surface area contributed by atoms with Crippen molar-refractivity contribution in [1.82, 2.24) is 10.2 Å². The van der Waals surface area contributed by atoms with Gasteiger partial charge in [-0.2, -0.15) is 0 Å². The highest BCUT2D eigenvalue weighted by atomic mass is 16.5. The molecule has 1 unspecified atom stereocenters. The van der Waals surface area contributed by atoms with Crippen molar-refractivity contribution in [2.24, 2.45) is 5.41 Å². The van der Waals surface area contributed by atoms with E-state index in [2.05, 4.69) is 17.4 Å². The molecule has 0 bridgehead atoms. The van der Waals surface area contributed by atoms with Crippen LogP contribution in [0.2, 0.25) is 0 Å². The Morgan fingerprint density at radius 1 is 1.23 bits per heavy atom. The number of urea groups is 1. The molecule has 0 radical (unpaired) electrons. The number of benzene rings is 1. The molecule has 2 fully saturated rings. The number of carbonyl (C=O) groups excluding carboxylic acids is 1. The predicted octanol–water partition coefficient (Wildman–Crippen LogP) is 2.97. The maximum atomic E-state index is 12.4. The van der Waals surface area contributed by atoms with Gasteiger partial charge >= 0.3 is 6.03 Å². The van der Waals surface area contributed by atoms with E-state index in [9.17, 15) is 9.90 Å². The lowest BCUT2D eigenvalue weighted by molar-refractivity contribution is -0.0444. The van der Waals surface area contributed by atoms with Gasteiger partial charge in [-0.3, -0.25) is 0 Å². The van der Waals surface area contributed by atoms with Crippen LogP contribution in [-0.4, -0.2) is 55.0 Å². The van der Waals surface area contributed by atoms with Gasteiger partial charge in [-0.25, -0.2) is 4.79 Å². The molecule has 2 amide bonds. The van der Waals surface area contributed by atoms with E-state index in [1.807, 2.05) is 23.1 Å². The Labute approximate surface area is 156 Å². The Balaban J connectivity index is 1.42. The fraction of sp³-hybridized carbons (Fsp3) is 0.667. The second kappa shape index (κ2) is 9.38. The first-order valence-corrected chi connectivity index (χ1v) is 10.00. The molecule has 0 spiro atoms. The number of hydrogen-bond acceptors (Lipinski definition) is 3. The van der Waals surface area contributed by atoms with Crippen LogP contribution in [-0.2, 0) is 11.2 Å². The van der Waals surface area contributed by atoms with Gasteiger partial charge in [0.1, 0.15) is 0 Å². The first kappa shape index (κ1) is 19.2. The minimum Gasteiger partial charge on any atom is -0.396 e. The van der Waals surface area contributed by atoms with E-state index in [1.165, 1.54) is 12.0 Å². The summed E-state index contributed by atoms with van der Waals surface area (Å²) in [5, 5.41) is 13.0. The van der Waals surface area contributed by atoms with Crippen molar-refractivity contribution >= 4 is 6.03 Å². The Morgan fingerprint density at radius 3 is 2.65 bits per heavy atom. The van der Waals surface area contributed by atoms with Gasteiger partial charge < -0.3 is 20.1 Å². The van der Waals surface area contributed by atoms with Crippen LogP contribution in [0.25, 0.3) is 0 Å². The molecule has 2 N–H and O–H groups in total. The number of hydrogen-bond donors (Lipinski definition) is 2. The van der Waals surface area contributed by atoms with E-state index in [0.29, 0.717) is 19.6 Å². The largest absolute Gasteiger partial charge is 0.396 e. The summed E-state index contributed by atoms with van der Waals surface area (Å²) in [7, 11) is 0. The summed E-state index contributed by atoms with van der Waals surface area (Å²) in [5.41, 5.74) is 1.15. The number of nitrogens with zero attached hydrogens (tertiary/aromatic N) is 1. The average molecular weight is 360 g/mol. The summed E-state index contributed by atoms with van der Waals surface area (Å²) in [6.07, 6.45) is 7.24. The maximum Gasteiger partial charge on any atom is 0.317 e. The summed E-state index contributed by atoms with van der Waals surface area (Å²) in [6.45, 7) is 3.12. The van der Waals surface area contributed by atoms with Gasteiger partial charge in [0.05, 0.1) is 6.10 Å². The van der Waals surface area contributed by atoms with Crippen LogP contribution >= 0.6 is 0 Å². The van der Waals surface area contributed by atoms with E-state index in [0.717, 1.165) is 45.1 Å². The highest BCUT2D eigenvalue weighted by molar-refractivity contribution is 5.74. The van der Waals surface area contributed by atoms with Crippen LogP contribution in [0.15, 0.2) is 30.3 Å². The van der Waals surface area contributed by atoms with Crippen molar-refractivity contribution in [3.8, 4) is 0 Å². The first-order chi connectivity index (χ1) is 12.7. The molecule has 0 aliphatic carbocycles. The molecule has 1 aromatic carbocycles. The topological polar surface area (TPSA) is 61.8 Å². The smallest absolute Gasteiger partial charge is 0.317 e. The molecule has 3 rings (SSSR count). The van der Waals surface area contributed by atoms with Gasteiger partial charge in [0, 0.05) is 32.8 Å². The SMILES string of the molecule is O=C(NCCc1ccccc1)N1CCC(CO)(CC2CCCCO2)CC1. The normalized spacial score (nSPS) is 22.8. The lowest BCUT2D eigenvalue weighted by atomic mass is 9.74. The molecular formula is C21H32N2O3. The summed E-state index contributed by atoms with van der Waals surface area (Å²) in [6, 6.07) is 10.2. The number of aliphatic hydroxyl groups is 1. The maximum absolute atomic E-state index is 12.4. The third kappa shape index (κ3) is 5.21. The second-order valence-corrected chi connectivity index (χ2v) is 7.81. The average Bonchev–Trinajstić information content (AvgIpc) is 2.70. The van der Waals surface area contributed by atoms with Crippen LogP contribution < -0.4 is 5.32 Å². The van der Waals surface area contributed by atoms with Crippen molar-refractivity contribution in [2.75, 3.05) is 32.8 Å². The molecule has 1 atom stereocenters. The number of ether oxygens (including phenoxy) is 1. The van der Waals surface area contributed by atoms with E-state index in [-0.39, 0.29) is 24.2 Å². The van der Waals surface area contributed by atoms with Crippen molar-refractivity contribution in [3.05, 3.63) is 35.9 Å². The molecular weight excluding hydrogens is 328 g/mol. The van der Waals surface area contributed by atoms with Gasteiger partial charge in [-0.05, 0) is 55.9 Å². The van der Waals surface area contributed by atoms with E-state index in [4.69, 9.17) is 4.74 Å². The Bertz CT molecular complexity index is 550. The van der Waals surface area contributed by atoms with E-state index >= 15 is 0 Å². The highest BCUT2D eigenvalue weighted by Crippen LogP contribution is 2.38. The van der Waals surface area contributed by atoms with E-state index < -0.39 is 0 Å². The van der Waals surface area contributed by atoms with Gasteiger partial charge in [-0.15, -0.1) is 0 Å². The minimum atomic E-state index is -0.0805. The molecule has 1 aromatic rings. The van der Waals surface area contributed by atoms with Crippen molar-refractivity contribution in [2.45, 2.75) is 51.0 Å². The molecule has 2 saturated heterocycles. The summed E-state index contributed by atoms with van der Waals surface area (Å²) < 4.78 is 5.87. The molecule has 2 aliphatic heterocycles. The molecule has 26 heavy (non-hydrogen) atoms. The standard InChI is InChI=1S/C21H32N2O3/c24-17-21(16-19-8-4-5-15-26-19)10-13-23(14-11-21)20(25)22-12-9-18-6-2-1-3-7-18/h1-3,6-7,19,24H,4-5,8-17H2,(H,22,25). The van der Waals surface area contributed by atoms with Crippen LogP contribution in [0, 0.1) is 5.41 Å². The Kier molecular flexibility index (Phi) is 6.92. The summed E-state index contributed by atoms with van der Waals surface area (Å²) in [4.78, 5) is 14.3. The second-order valence-electron chi connectivity index (χ2n) is 7.81.